The molecule has 0 N–H and O–H groups in total. The van der Waals surface area contributed by atoms with Gasteiger partial charge in [0, 0.05) is 24.4 Å². The Hall–Kier alpha value is -2.01. The van der Waals surface area contributed by atoms with Crippen LogP contribution < -0.4 is 0 Å². The number of hydrogen-bond acceptors (Lipinski definition) is 4. The second kappa shape index (κ2) is 4.59. The van der Waals surface area contributed by atoms with Crippen LogP contribution in [0.25, 0.3) is 0 Å². The highest BCUT2D eigenvalue weighted by molar-refractivity contribution is 5.75. The topological polar surface area (TPSA) is 57.0 Å². The van der Waals surface area contributed by atoms with Crippen LogP contribution in [0.2, 0.25) is 0 Å². The molecule has 19 heavy (non-hydrogen) atoms. The largest absolute Gasteiger partial charge is 0.379 e. The first kappa shape index (κ1) is 12.0. The highest BCUT2D eigenvalue weighted by Gasteiger charge is 2.41. The van der Waals surface area contributed by atoms with E-state index in [4.69, 9.17) is 4.74 Å². The van der Waals surface area contributed by atoms with Crippen LogP contribution in [0.3, 0.4) is 0 Å². The lowest BCUT2D eigenvalue weighted by Gasteiger charge is -2.41. The van der Waals surface area contributed by atoms with E-state index in [0.29, 0.717) is 18.8 Å². The van der Waals surface area contributed by atoms with E-state index in [9.17, 15) is 4.79 Å². The molecule has 1 aliphatic heterocycles. The molecule has 0 aliphatic carbocycles. The summed E-state index contributed by atoms with van der Waals surface area (Å²) in [5.74, 6) is 0.930. The van der Waals surface area contributed by atoms with Gasteiger partial charge in [-0.25, -0.2) is 0 Å². The van der Waals surface area contributed by atoms with Crippen LogP contribution in [0, 0.1) is 0 Å². The fourth-order valence-electron chi connectivity index (χ4n) is 2.43. The van der Waals surface area contributed by atoms with Crippen LogP contribution in [0.5, 0.6) is 0 Å². The van der Waals surface area contributed by atoms with Gasteiger partial charge in [0.25, 0.3) is 0 Å². The molecule has 1 fully saturated rings. The second-order valence-electron chi connectivity index (χ2n) is 5.05. The van der Waals surface area contributed by atoms with Crippen molar-refractivity contribution in [3.63, 3.8) is 0 Å². The maximum Gasteiger partial charge on any atom is 0.150 e. The normalized spacial score (nSPS) is 16.9. The van der Waals surface area contributed by atoms with E-state index in [1.54, 1.807) is 6.33 Å². The van der Waals surface area contributed by atoms with E-state index in [1.165, 1.54) is 0 Å². The van der Waals surface area contributed by atoms with Gasteiger partial charge in [-0.3, -0.25) is 4.79 Å². The number of benzene rings is 1. The third-order valence-corrected chi connectivity index (χ3v) is 3.69. The molecule has 5 nitrogen and oxygen atoms in total. The zero-order chi connectivity index (χ0) is 13.3. The summed E-state index contributed by atoms with van der Waals surface area (Å²) in [6, 6.07) is 7.71. The first-order chi connectivity index (χ1) is 9.23. The van der Waals surface area contributed by atoms with Crippen LogP contribution in [0.1, 0.15) is 21.7 Å². The average molecular weight is 257 g/mol. The number of rotatable bonds is 4. The van der Waals surface area contributed by atoms with Crippen molar-refractivity contribution in [1.29, 1.82) is 0 Å². The smallest absolute Gasteiger partial charge is 0.150 e. The van der Waals surface area contributed by atoms with Crippen LogP contribution in [0.4, 0.5) is 0 Å². The lowest BCUT2D eigenvalue weighted by Crippen LogP contribution is -2.49. The lowest BCUT2D eigenvalue weighted by molar-refractivity contribution is -0.0611. The van der Waals surface area contributed by atoms with Gasteiger partial charge < -0.3 is 9.30 Å². The van der Waals surface area contributed by atoms with E-state index >= 15 is 0 Å². The molecule has 0 saturated carbocycles. The van der Waals surface area contributed by atoms with Gasteiger partial charge in [0.15, 0.2) is 0 Å². The van der Waals surface area contributed by atoms with E-state index in [1.807, 2.05) is 35.9 Å². The maximum absolute atomic E-state index is 10.9. The summed E-state index contributed by atoms with van der Waals surface area (Å²) in [6.45, 7) is 1.31. The molecule has 5 heteroatoms. The molecule has 0 bridgehead atoms. The van der Waals surface area contributed by atoms with Gasteiger partial charge in [0.1, 0.15) is 18.4 Å². The van der Waals surface area contributed by atoms with Crippen molar-refractivity contribution in [3.8, 4) is 0 Å². The molecule has 98 valence electrons. The van der Waals surface area contributed by atoms with Crippen LogP contribution in [0.15, 0.2) is 30.6 Å². The van der Waals surface area contributed by atoms with E-state index in [2.05, 4.69) is 10.2 Å². The van der Waals surface area contributed by atoms with E-state index in [-0.39, 0.29) is 5.41 Å². The number of aldehydes is 1. The third kappa shape index (κ3) is 2.06. The molecule has 0 spiro atoms. The van der Waals surface area contributed by atoms with Crippen LogP contribution >= 0.6 is 0 Å². The summed E-state index contributed by atoms with van der Waals surface area (Å²) in [6.07, 6.45) is 3.34. The monoisotopic (exact) mass is 257 g/mol. The summed E-state index contributed by atoms with van der Waals surface area (Å²) < 4.78 is 7.33. The quantitative estimate of drug-likeness (QED) is 0.771. The standard InChI is InChI=1S/C14H15N3O2/c1-17-10-15-16-13(17)6-14(8-19-9-14)12-4-2-3-11(5-12)7-18/h2-5,7,10H,6,8-9H2,1H3. The number of ether oxygens (including phenoxy) is 1. The summed E-state index contributed by atoms with van der Waals surface area (Å²) in [4.78, 5) is 10.9. The molecule has 3 rings (SSSR count). The third-order valence-electron chi connectivity index (χ3n) is 3.69. The predicted molar refractivity (Wildman–Crippen MR) is 69.0 cm³/mol. The van der Waals surface area contributed by atoms with Crippen LogP contribution in [-0.2, 0) is 23.6 Å². The molecule has 1 aromatic heterocycles. The molecule has 0 amide bonds. The molecule has 0 atom stereocenters. The zero-order valence-electron chi connectivity index (χ0n) is 10.7. The Labute approximate surface area is 111 Å². The zero-order valence-corrected chi connectivity index (χ0v) is 10.7. The lowest BCUT2D eigenvalue weighted by atomic mass is 9.75. The van der Waals surface area contributed by atoms with Gasteiger partial charge in [-0.15, -0.1) is 10.2 Å². The summed E-state index contributed by atoms with van der Waals surface area (Å²) in [5, 5.41) is 8.05. The summed E-state index contributed by atoms with van der Waals surface area (Å²) in [7, 11) is 1.93. The number of hydrogen-bond donors (Lipinski definition) is 0. The van der Waals surface area contributed by atoms with Crippen LogP contribution in [-0.4, -0.2) is 34.3 Å². The van der Waals surface area contributed by atoms with Gasteiger partial charge in [0.05, 0.1) is 13.2 Å². The van der Waals surface area contributed by atoms with Crippen molar-refractivity contribution in [2.75, 3.05) is 13.2 Å². The van der Waals surface area contributed by atoms with Crippen molar-refractivity contribution in [2.45, 2.75) is 11.8 Å². The Morgan fingerprint density at radius 1 is 1.47 bits per heavy atom. The molecular weight excluding hydrogens is 242 g/mol. The molecule has 0 radical (unpaired) electrons. The van der Waals surface area contributed by atoms with Crippen molar-refractivity contribution < 1.29 is 9.53 Å². The van der Waals surface area contributed by atoms with Crippen molar-refractivity contribution in [2.24, 2.45) is 7.05 Å². The number of aryl methyl sites for hydroxylation is 1. The van der Waals surface area contributed by atoms with Crippen molar-refractivity contribution in [3.05, 3.63) is 47.5 Å². The minimum atomic E-state index is -0.0835. The van der Waals surface area contributed by atoms with E-state index < -0.39 is 0 Å². The number of carbonyl (C=O) groups is 1. The maximum atomic E-state index is 10.9. The minimum Gasteiger partial charge on any atom is -0.379 e. The molecule has 1 aromatic carbocycles. The summed E-state index contributed by atoms with van der Waals surface area (Å²) in [5.41, 5.74) is 1.74. The first-order valence-electron chi connectivity index (χ1n) is 6.20. The Morgan fingerprint density at radius 3 is 2.89 bits per heavy atom. The molecular formula is C14H15N3O2. The number of aromatic nitrogens is 3. The van der Waals surface area contributed by atoms with Gasteiger partial charge in [-0.1, -0.05) is 18.2 Å². The molecule has 1 saturated heterocycles. The number of nitrogens with zero attached hydrogens (tertiary/aromatic N) is 3. The highest BCUT2D eigenvalue weighted by atomic mass is 16.5. The van der Waals surface area contributed by atoms with Gasteiger partial charge in [0.2, 0.25) is 0 Å². The van der Waals surface area contributed by atoms with Gasteiger partial charge in [-0.2, -0.15) is 0 Å². The second-order valence-corrected chi connectivity index (χ2v) is 5.05. The number of carbonyl (C=O) groups excluding carboxylic acids is 1. The summed E-state index contributed by atoms with van der Waals surface area (Å²) >= 11 is 0. The Morgan fingerprint density at radius 2 is 2.32 bits per heavy atom. The Bertz CT molecular complexity index is 602. The Kier molecular flexibility index (Phi) is 2.91. The van der Waals surface area contributed by atoms with Gasteiger partial charge >= 0.3 is 0 Å². The average Bonchev–Trinajstić information content (AvgIpc) is 2.79. The Balaban J connectivity index is 1.94. The van der Waals surface area contributed by atoms with Gasteiger partial charge in [-0.05, 0) is 11.6 Å². The fraction of sp³-hybridized carbons (Fsp3) is 0.357. The highest BCUT2D eigenvalue weighted by Crippen LogP contribution is 2.35. The van der Waals surface area contributed by atoms with Crippen molar-refractivity contribution >= 4 is 6.29 Å². The fourth-order valence-corrected chi connectivity index (χ4v) is 2.43. The SMILES string of the molecule is Cn1cnnc1CC1(c2cccc(C=O)c2)COC1. The molecule has 2 aromatic rings. The first-order valence-corrected chi connectivity index (χ1v) is 6.20. The minimum absolute atomic E-state index is 0.0835. The predicted octanol–water partition coefficient (Wildman–Crippen LogP) is 1.14. The molecule has 0 unspecified atom stereocenters. The molecule has 1 aliphatic rings. The van der Waals surface area contributed by atoms with Crippen molar-refractivity contribution in [1.82, 2.24) is 14.8 Å². The molecule has 2 heterocycles. The van der Waals surface area contributed by atoms with E-state index in [0.717, 1.165) is 24.1 Å².